The molecule has 1 unspecified atom stereocenters. The van der Waals surface area contributed by atoms with Gasteiger partial charge < -0.3 is 15.1 Å². The average Bonchev–Trinajstić information content (AvgIpc) is 2.43. The van der Waals surface area contributed by atoms with Crippen LogP contribution in [0.25, 0.3) is 0 Å². The van der Waals surface area contributed by atoms with Gasteiger partial charge in [0.15, 0.2) is 0 Å². The van der Waals surface area contributed by atoms with Crippen molar-refractivity contribution in [1.29, 1.82) is 0 Å². The average molecular weight is 277 g/mol. The third-order valence-electron chi connectivity index (χ3n) is 3.89. The second-order valence-corrected chi connectivity index (χ2v) is 5.75. The molecule has 1 aromatic rings. The van der Waals surface area contributed by atoms with Gasteiger partial charge in [-0.1, -0.05) is 6.92 Å². The number of nitrogens with zero attached hydrogens (tertiary/aromatic N) is 4. The molecular weight excluding hydrogens is 250 g/mol. The Hall–Kier alpha value is -1.36. The van der Waals surface area contributed by atoms with Crippen molar-refractivity contribution in [3.8, 4) is 0 Å². The lowest BCUT2D eigenvalue weighted by molar-refractivity contribution is 0.247. The second-order valence-electron chi connectivity index (χ2n) is 5.75. The van der Waals surface area contributed by atoms with E-state index in [9.17, 15) is 0 Å². The second kappa shape index (κ2) is 6.88. The molecule has 20 heavy (non-hydrogen) atoms. The van der Waals surface area contributed by atoms with Crippen molar-refractivity contribution in [2.45, 2.75) is 39.2 Å². The molecule has 5 heteroatoms. The Balaban J connectivity index is 2.11. The van der Waals surface area contributed by atoms with Gasteiger partial charge in [0.1, 0.15) is 17.5 Å². The van der Waals surface area contributed by atoms with E-state index in [1.54, 1.807) is 0 Å². The number of aromatic nitrogens is 2. The minimum atomic E-state index is 0.544. The van der Waals surface area contributed by atoms with Gasteiger partial charge in [-0.3, -0.25) is 0 Å². The fourth-order valence-electron chi connectivity index (χ4n) is 2.72. The number of hydrogen-bond donors (Lipinski definition) is 1. The van der Waals surface area contributed by atoms with Crippen molar-refractivity contribution in [3.05, 3.63) is 11.9 Å². The molecular formula is C15H27N5. The maximum atomic E-state index is 4.60. The monoisotopic (exact) mass is 277 g/mol. The molecule has 112 valence electrons. The molecule has 2 heterocycles. The van der Waals surface area contributed by atoms with Crippen LogP contribution in [0.1, 0.15) is 32.0 Å². The van der Waals surface area contributed by atoms with E-state index in [0.29, 0.717) is 6.04 Å². The van der Waals surface area contributed by atoms with Crippen LogP contribution in [-0.2, 0) is 0 Å². The normalized spacial score (nSPS) is 19.9. The van der Waals surface area contributed by atoms with Gasteiger partial charge in [-0.2, -0.15) is 0 Å². The lowest BCUT2D eigenvalue weighted by atomic mass is 10.1. The van der Waals surface area contributed by atoms with Crippen LogP contribution in [0.3, 0.4) is 0 Å². The first-order chi connectivity index (χ1) is 9.60. The van der Waals surface area contributed by atoms with Crippen molar-refractivity contribution in [3.63, 3.8) is 0 Å². The highest BCUT2D eigenvalue weighted by atomic mass is 15.2. The molecule has 0 radical (unpaired) electrons. The van der Waals surface area contributed by atoms with E-state index < -0.39 is 0 Å². The molecule has 0 saturated carbocycles. The zero-order chi connectivity index (χ0) is 14.5. The summed E-state index contributed by atoms with van der Waals surface area (Å²) >= 11 is 0. The molecule has 1 saturated heterocycles. The van der Waals surface area contributed by atoms with E-state index in [0.717, 1.165) is 37.0 Å². The van der Waals surface area contributed by atoms with Crippen LogP contribution in [0.4, 0.5) is 11.6 Å². The predicted molar refractivity (Wildman–Crippen MR) is 84.5 cm³/mol. The van der Waals surface area contributed by atoms with Crippen molar-refractivity contribution in [2.24, 2.45) is 0 Å². The minimum Gasteiger partial charge on any atom is -0.370 e. The first-order valence-electron chi connectivity index (χ1n) is 7.61. The van der Waals surface area contributed by atoms with Gasteiger partial charge in [0, 0.05) is 32.2 Å². The molecule has 1 aliphatic heterocycles. The summed E-state index contributed by atoms with van der Waals surface area (Å²) in [4.78, 5) is 13.8. The molecule has 0 aliphatic carbocycles. The minimum absolute atomic E-state index is 0.544. The largest absolute Gasteiger partial charge is 0.370 e. The number of hydrogen-bond acceptors (Lipinski definition) is 5. The fraction of sp³-hybridized carbons (Fsp3) is 0.733. The smallest absolute Gasteiger partial charge is 0.134 e. The number of likely N-dealkylation sites (tertiary alicyclic amines) is 1. The molecule has 2 rings (SSSR count). The number of piperidine rings is 1. The van der Waals surface area contributed by atoms with Crippen LogP contribution in [0.5, 0.6) is 0 Å². The first kappa shape index (κ1) is 15.0. The van der Waals surface area contributed by atoms with E-state index in [2.05, 4.69) is 52.2 Å². The SMILES string of the molecule is CCCNc1cc(N(C)C2CCCN(C)C2)nc(C)n1. The number of anilines is 2. The molecule has 5 nitrogen and oxygen atoms in total. The van der Waals surface area contributed by atoms with Crippen LogP contribution >= 0.6 is 0 Å². The maximum absolute atomic E-state index is 4.60. The molecule has 1 atom stereocenters. The van der Waals surface area contributed by atoms with E-state index in [1.165, 1.54) is 19.4 Å². The highest BCUT2D eigenvalue weighted by molar-refractivity contribution is 5.49. The van der Waals surface area contributed by atoms with Crippen LogP contribution in [-0.4, -0.2) is 54.6 Å². The van der Waals surface area contributed by atoms with Crippen molar-refractivity contribution < 1.29 is 0 Å². The Morgan fingerprint density at radius 1 is 1.45 bits per heavy atom. The lowest BCUT2D eigenvalue weighted by Gasteiger charge is -2.36. The Morgan fingerprint density at radius 2 is 2.25 bits per heavy atom. The van der Waals surface area contributed by atoms with Gasteiger partial charge in [0.2, 0.25) is 0 Å². The highest BCUT2D eigenvalue weighted by Crippen LogP contribution is 2.21. The molecule has 1 fully saturated rings. The molecule has 1 aromatic heterocycles. The van der Waals surface area contributed by atoms with Gasteiger partial charge >= 0.3 is 0 Å². The third-order valence-corrected chi connectivity index (χ3v) is 3.89. The highest BCUT2D eigenvalue weighted by Gasteiger charge is 2.22. The van der Waals surface area contributed by atoms with E-state index >= 15 is 0 Å². The molecule has 0 bridgehead atoms. The summed E-state index contributed by atoms with van der Waals surface area (Å²) in [5.74, 6) is 2.79. The number of aryl methyl sites for hydroxylation is 1. The summed E-state index contributed by atoms with van der Waals surface area (Å²) in [6.07, 6.45) is 3.60. The van der Waals surface area contributed by atoms with E-state index in [4.69, 9.17) is 0 Å². The van der Waals surface area contributed by atoms with Gasteiger partial charge in [0.25, 0.3) is 0 Å². The van der Waals surface area contributed by atoms with Gasteiger partial charge in [0.05, 0.1) is 0 Å². The summed E-state index contributed by atoms with van der Waals surface area (Å²) in [5, 5.41) is 3.35. The van der Waals surface area contributed by atoms with Crippen molar-refractivity contribution >= 4 is 11.6 Å². The van der Waals surface area contributed by atoms with E-state index in [1.807, 2.05) is 6.92 Å². The van der Waals surface area contributed by atoms with Gasteiger partial charge in [-0.25, -0.2) is 9.97 Å². The quantitative estimate of drug-likeness (QED) is 0.893. The van der Waals surface area contributed by atoms with E-state index in [-0.39, 0.29) is 0 Å². The summed E-state index contributed by atoms with van der Waals surface area (Å²) in [7, 11) is 4.34. The molecule has 0 amide bonds. The van der Waals surface area contributed by atoms with Crippen molar-refractivity contribution in [2.75, 3.05) is 43.9 Å². The number of likely N-dealkylation sites (N-methyl/N-ethyl adjacent to an activating group) is 2. The molecule has 1 aliphatic rings. The summed E-state index contributed by atoms with van der Waals surface area (Å²) in [5.41, 5.74) is 0. The summed E-state index contributed by atoms with van der Waals surface area (Å²) in [6, 6.07) is 2.61. The zero-order valence-corrected chi connectivity index (χ0v) is 13.2. The molecule has 0 spiro atoms. The number of nitrogens with one attached hydrogen (secondary N) is 1. The molecule has 0 aromatic carbocycles. The van der Waals surface area contributed by atoms with Crippen LogP contribution < -0.4 is 10.2 Å². The Bertz CT molecular complexity index is 434. The Morgan fingerprint density at radius 3 is 2.95 bits per heavy atom. The summed E-state index contributed by atoms with van der Waals surface area (Å²) < 4.78 is 0. The van der Waals surface area contributed by atoms with Gasteiger partial charge in [-0.15, -0.1) is 0 Å². The van der Waals surface area contributed by atoms with Crippen molar-refractivity contribution in [1.82, 2.24) is 14.9 Å². The zero-order valence-electron chi connectivity index (χ0n) is 13.2. The molecule has 1 N–H and O–H groups in total. The standard InChI is InChI=1S/C15H27N5/c1-5-8-16-14-10-15(18-12(2)17-14)20(4)13-7-6-9-19(3)11-13/h10,13H,5-9,11H2,1-4H3,(H,16,17,18). The summed E-state index contributed by atoms with van der Waals surface area (Å²) in [6.45, 7) is 7.38. The lowest BCUT2D eigenvalue weighted by Crippen LogP contribution is -2.45. The maximum Gasteiger partial charge on any atom is 0.134 e. The van der Waals surface area contributed by atoms with Crippen LogP contribution in [0.2, 0.25) is 0 Å². The third kappa shape index (κ3) is 3.82. The predicted octanol–water partition coefficient (Wildman–Crippen LogP) is 2.14. The fourth-order valence-corrected chi connectivity index (χ4v) is 2.72. The Labute approximate surface area is 122 Å². The van der Waals surface area contributed by atoms with Gasteiger partial charge in [-0.05, 0) is 39.8 Å². The van der Waals surface area contributed by atoms with Crippen LogP contribution in [0, 0.1) is 6.92 Å². The number of rotatable bonds is 5. The Kier molecular flexibility index (Phi) is 5.17. The van der Waals surface area contributed by atoms with Crippen LogP contribution in [0.15, 0.2) is 6.07 Å². The topological polar surface area (TPSA) is 44.3 Å². The first-order valence-corrected chi connectivity index (χ1v) is 7.61.